The molecule has 36 heavy (non-hydrogen) atoms. The molecule has 0 radical (unpaired) electrons. The second-order valence-electron chi connectivity index (χ2n) is 9.32. The van der Waals surface area contributed by atoms with Crippen LogP contribution in [0.5, 0.6) is 5.75 Å². The Hall–Kier alpha value is -2.72. The van der Waals surface area contributed by atoms with Gasteiger partial charge in [-0.3, -0.25) is 4.79 Å². The van der Waals surface area contributed by atoms with E-state index >= 15 is 0 Å². The number of carbonyl (C=O) groups excluding carboxylic acids is 1. The predicted octanol–water partition coefficient (Wildman–Crippen LogP) is 2.53. The number of nitrogens with zero attached hydrogens (tertiary/aromatic N) is 1. The number of hydrogen-bond donors (Lipinski definition) is 2. The van der Waals surface area contributed by atoms with Crippen LogP contribution in [-0.4, -0.2) is 69.4 Å². The summed E-state index contributed by atoms with van der Waals surface area (Å²) in [5, 5.41) is 9.84. The first-order valence-corrected chi connectivity index (χ1v) is 13.8. The summed E-state index contributed by atoms with van der Waals surface area (Å²) in [6.45, 7) is 1.07. The van der Waals surface area contributed by atoms with Crippen molar-refractivity contribution in [1.29, 1.82) is 0 Å². The summed E-state index contributed by atoms with van der Waals surface area (Å²) in [6, 6.07) is 15.7. The van der Waals surface area contributed by atoms with Crippen LogP contribution in [0.4, 0.5) is 0 Å². The minimum Gasteiger partial charge on any atom is -0.497 e. The van der Waals surface area contributed by atoms with Gasteiger partial charge in [0.2, 0.25) is 15.9 Å². The Balaban J connectivity index is 1.29. The maximum Gasteiger partial charge on any atom is 0.241 e. The summed E-state index contributed by atoms with van der Waals surface area (Å²) < 4.78 is 39.1. The molecule has 4 rings (SSSR count). The van der Waals surface area contributed by atoms with Gasteiger partial charge in [0.1, 0.15) is 11.9 Å². The number of sulfonamides is 1. The highest BCUT2D eigenvalue weighted by Gasteiger charge is 2.32. The van der Waals surface area contributed by atoms with Crippen LogP contribution in [0.3, 0.4) is 0 Å². The highest BCUT2D eigenvalue weighted by molar-refractivity contribution is 7.89. The lowest BCUT2D eigenvalue weighted by molar-refractivity contribution is -0.136. The largest absolute Gasteiger partial charge is 0.497 e. The average Bonchev–Trinajstić information content (AvgIpc) is 2.90. The van der Waals surface area contributed by atoms with Crippen molar-refractivity contribution in [1.82, 2.24) is 9.62 Å². The number of nitrogens with one attached hydrogen (secondary N) is 1. The zero-order valence-corrected chi connectivity index (χ0v) is 21.3. The highest BCUT2D eigenvalue weighted by atomic mass is 32.2. The van der Waals surface area contributed by atoms with Crippen LogP contribution < -0.4 is 9.46 Å². The predicted molar refractivity (Wildman–Crippen MR) is 136 cm³/mol. The van der Waals surface area contributed by atoms with Gasteiger partial charge in [0, 0.05) is 13.1 Å². The Kier molecular flexibility index (Phi) is 8.79. The summed E-state index contributed by atoms with van der Waals surface area (Å²) in [7, 11) is -2.33. The molecule has 2 aliphatic heterocycles. The molecule has 0 aromatic heterocycles. The Morgan fingerprint density at radius 2 is 1.78 bits per heavy atom. The molecule has 1 fully saturated rings. The van der Waals surface area contributed by atoms with E-state index < -0.39 is 28.3 Å². The van der Waals surface area contributed by atoms with Crippen LogP contribution in [0.2, 0.25) is 0 Å². The number of rotatable bonds is 9. The van der Waals surface area contributed by atoms with Crippen molar-refractivity contribution < 1.29 is 27.8 Å². The molecule has 2 aliphatic rings. The quantitative estimate of drug-likeness (QED) is 0.499. The first-order valence-electron chi connectivity index (χ1n) is 12.3. The van der Waals surface area contributed by atoms with E-state index in [2.05, 4.69) is 29.0 Å². The SMILES string of the molecule is COc1ccc(S(=O)(=O)N[C@@H]2C=C[C@H](CC(=O)N3CCC(Cc4ccccc4)CC3)O[C@@H]2CO)cc1. The molecule has 2 aromatic carbocycles. The monoisotopic (exact) mass is 514 g/mol. The Labute approximate surface area is 213 Å². The van der Waals surface area contributed by atoms with Gasteiger partial charge >= 0.3 is 0 Å². The second-order valence-corrected chi connectivity index (χ2v) is 11.0. The molecule has 0 aliphatic carbocycles. The fourth-order valence-corrected chi connectivity index (χ4v) is 5.97. The zero-order chi connectivity index (χ0) is 25.5. The lowest BCUT2D eigenvalue weighted by Gasteiger charge is -2.35. The van der Waals surface area contributed by atoms with Crippen LogP contribution in [0.1, 0.15) is 24.8 Å². The van der Waals surface area contributed by atoms with E-state index in [0.717, 1.165) is 32.4 Å². The van der Waals surface area contributed by atoms with Gasteiger partial charge in [0.05, 0.1) is 37.2 Å². The fourth-order valence-electron chi connectivity index (χ4n) is 4.75. The molecule has 194 valence electrons. The van der Waals surface area contributed by atoms with Crippen LogP contribution in [0, 0.1) is 5.92 Å². The number of aliphatic hydroxyl groups excluding tert-OH is 1. The number of benzene rings is 2. The van der Waals surface area contributed by atoms with Crippen LogP contribution in [0.15, 0.2) is 71.6 Å². The molecule has 1 saturated heterocycles. The number of hydrogen-bond acceptors (Lipinski definition) is 6. The number of carbonyl (C=O) groups is 1. The van der Waals surface area contributed by atoms with E-state index in [1.165, 1.54) is 24.8 Å². The van der Waals surface area contributed by atoms with E-state index in [9.17, 15) is 18.3 Å². The molecule has 1 amide bonds. The molecule has 8 nitrogen and oxygen atoms in total. The Bertz CT molecular complexity index is 1130. The number of likely N-dealkylation sites (tertiary alicyclic amines) is 1. The topological polar surface area (TPSA) is 105 Å². The third kappa shape index (κ3) is 6.73. The van der Waals surface area contributed by atoms with Gasteiger partial charge in [0.15, 0.2) is 0 Å². The number of methoxy groups -OCH3 is 1. The maximum atomic E-state index is 12.9. The normalized spacial score (nSPS) is 22.9. The van der Waals surface area contributed by atoms with Gasteiger partial charge in [0.25, 0.3) is 0 Å². The van der Waals surface area contributed by atoms with Crippen molar-refractivity contribution in [3.05, 3.63) is 72.3 Å². The average molecular weight is 515 g/mol. The van der Waals surface area contributed by atoms with Crippen molar-refractivity contribution in [2.24, 2.45) is 5.92 Å². The molecule has 9 heteroatoms. The molecule has 2 heterocycles. The number of piperidine rings is 1. The summed E-state index contributed by atoms with van der Waals surface area (Å²) >= 11 is 0. The Morgan fingerprint density at radius 1 is 1.08 bits per heavy atom. The van der Waals surface area contributed by atoms with E-state index in [-0.39, 0.29) is 23.8 Å². The highest BCUT2D eigenvalue weighted by Crippen LogP contribution is 2.24. The van der Waals surface area contributed by atoms with Crippen molar-refractivity contribution >= 4 is 15.9 Å². The molecule has 0 bridgehead atoms. The zero-order valence-electron chi connectivity index (χ0n) is 20.5. The standard InChI is InChI=1S/C27H34N2O6S/c1-34-22-7-10-24(11-8-22)36(32,33)28-25-12-9-23(35-26(25)19-30)18-27(31)29-15-13-21(14-16-29)17-20-5-3-2-4-6-20/h2-12,21,23,25-26,28,30H,13-19H2,1H3/t23-,25-,26-/m1/s1. The lowest BCUT2D eigenvalue weighted by Crippen LogP contribution is -2.49. The van der Waals surface area contributed by atoms with Crippen molar-refractivity contribution in [2.45, 2.75) is 48.8 Å². The first-order chi connectivity index (χ1) is 17.4. The van der Waals surface area contributed by atoms with Crippen LogP contribution in [0.25, 0.3) is 0 Å². The van der Waals surface area contributed by atoms with Gasteiger partial charge < -0.3 is 19.5 Å². The van der Waals surface area contributed by atoms with Crippen molar-refractivity contribution in [3.8, 4) is 5.75 Å². The smallest absolute Gasteiger partial charge is 0.241 e. The Morgan fingerprint density at radius 3 is 2.42 bits per heavy atom. The summed E-state index contributed by atoms with van der Waals surface area (Å²) in [4.78, 5) is 14.9. The van der Waals surface area contributed by atoms with Gasteiger partial charge in [-0.25, -0.2) is 13.1 Å². The molecule has 0 spiro atoms. The first kappa shape index (κ1) is 26.3. The van der Waals surface area contributed by atoms with Crippen molar-refractivity contribution in [3.63, 3.8) is 0 Å². The lowest BCUT2D eigenvalue weighted by atomic mass is 9.90. The third-order valence-electron chi connectivity index (χ3n) is 6.83. The third-order valence-corrected chi connectivity index (χ3v) is 8.31. The van der Waals surface area contributed by atoms with Gasteiger partial charge in [-0.2, -0.15) is 0 Å². The van der Waals surface area contributed by atoms with E-state index in [4.69, 9.17) is 9.47 Å². The number of amides is 1. The van der Waals surface area contributed by atoms with Crippen LogP contribution in [-0.2, 0) is 26.0 Å². The minimum atomic E-state index is -3.84. The van der Waals surface area contributed by atoms with Gasteiger partial charge in [-0.15, -0.1) is 0 Å². The molecule has 0 unspecified atom stereocenters. The van der Waals surface area contributed by atoms with Gasteiger partial charge in [-0.05, 0) is 55.0 Å². The minimum absolute atomic E-state index is 0.0109. The van der Waals surface area contributed by atoms with Crippen LogP contribution >= 0.6 is 0 Å². The van der Waals surface area contributed by atoms with E-state index in [0.29, 0.717) is 11.7 Å². The fraction of sp³-hybridized carbons (Fsp3) is 0.444. The summed E-state index contributed by atoms with van der Waals surface area (Å²) in [5.41, 5.74) is 1.33. The van der Waals surface area contributed by atoms with Crippen molar-refractivity contribution in [2.75, 3.05) is 26.8 Å². The molecule has 3 atom stereocenters. The van der Waals surface area contributed by atoms with E-state index in [1.54, 1.807) is 24.3 Å². The second kappa shape index (κ2) is 12.0. The molecular formula is C27H34N2O6S. The summed E-state index contributed by atoms with van der Waals surface area (Å²) in [5.74, 6) is 1.13. The molecule has 2 N–H and O–H groups in total. The number of aliphatic hydroxyl groups is 1. The maximum absolute atomic E-state index is 12.9. The van der Waals surface area contributed by atoms with E-state index in [1.807, 2.05) is 11.0 Å². The molecule has 0 saturated carbocycles. The summed E-state index contributed by atoms with van der Waals surface area (Å²) in [6.07, 6.45) is 5.18. The molecule has 2 aromatic rings. The number of ether oxygens (including phenoxy) is 2. The van der Waals surface area contributed by atoms with Gasteiger partial charge in [-0.1, -0.05) is 42.5 Å². The molecular weight excluding hydrogens is 480 g/mol.